The van der Waals surface area contributed by atoms with E-state index < -0.39 is 0 Å². The molecule has 1 fully saturated rings. The van der Waals surface area contributed by atoms with Crippen molar-refractivity contribution in [3.05, 3.63) is 12.0 Å². The van der Waals surface area contributed by atoms with Crippen LogP contribution in [-0.2, 0) is 23.7 Å². The van der Waals surface area contributed by atoms with Crippen LogP contribution in [0.2, 0.25) is 0 Å². The van der Waals surface area contributed by atoms with Gasteiger partial charge in [-0.25, -0.2) is 14.0 Å². The molecule has 2 amide bonds. The number of rotatable bonds is 1. The minimum absolute atomic E-state index is 0.0845. The number of aryl methyl sites for hydroxylation is 1. The molecule has 1 aromatic heterocycles. The smallest absolute Gasteiger partial charge is 0.254 e. The third-order valence-corrected chi connectivity index (χ3v) is 4.07. The van der Waals surface area contributed by atoms with Gasteiger partial charge in [-0.05, 0) is 5.41 Å². The summed E-state index contributed by atoms with van der Waals surface area (Å²) in [7, 11) is 3.78. The van der Waals surface area contributed by atoms with Gasteiger partial charge < -0.3 is 0 Å². The van der Waals surface area contributed by atoms with Gasteiger partial charge in [-0.3, -0.25) is 9.59 Å². The molecule has 1 aliphatic rings. The van der Waals surface area contributed by atoms with Crippen molar-refractivity contribution in [2.24, 2.45) is 25.4 Å². The summed E-state index contributed by atoms with van der Waals surface area (Å²) in [6, 6.07) is 0. The van der Waals surface area contributed by atoms with Crippen molar-refractivity contribution in [2.45, 2.75) is 34.1 Å². The molecule has 0 radical (unpaired) electrons. The van der Waals surface area contributed by atoms with Gasteiger partial charge in [-0.1, -0.05) is 20.8 Å². The van der Waals surface area contributed by atoms with E-state index in [2.05, 4.69) is 0 Å². The van der Waals surface area contributed by atoms with Crippen molar-refractivity contribution in [3.63, 3.8) is 0 Å². The van der Waals surface area contributed by atoms with Gasteiger partial charge in [0.05, 0.1) is 20.0 Å². The van der Waals surface area contributed by atoms with Crippen LogP contribution in [0.25, 0.3) is 0 Å². The summed E-state index contributed by atoms with van der Waals surface area (Å²) in [4.78, 5) is 26.1. The lowest BCUT2D eigenvalue weighted by atomic mass is 9.80. The number of carbonyl (C=O) groups is 2. The van der Waals surface area contributed by atoms with Gasteiger partial charge in [0.15, 0.2) is 6.20 Å². The first kappa shape index (κ1) is 13.8. The van der Waals surface area contributed by atoms with Crippen molar-refractivity contribution in [3.8, 4) is 0 Å². The molecule has 5 heteroatoms. The van der Waals surface area contributed by atoms with E-state index >= 15 is 0 Å². The maximum absolute atomic E-state index is 12.5. The summed E-state index contributed by atoms with van der Waals surface area (Å²) in [5, 5.41) is 0. The molecule has 0 bridgehead atoms. The largest absolute Gasteiger partial charge is 0.274 e. The number of amides is 2. The number of nitrogens with zero attached hydrogens (tertiary/aromatic N) is 3. The zero-order valence-electron chi connectivity index (χ0n) is 12.5. The van der Waals surface area contributed by atoms with Crippen LogP contribution in [0.4, 0.5) is 5.82 Å². The molecule has 2 rings (SSSR count). The maximum Gasteiger partial charge on any atom is 0.254 e. The molecule has 0 aromatic carbocycles. The van der Waals surface area contributed by atoms with E-state index in [1.165, 1.54) is 4.90 Å². The number of anilines is 1. The van der Waals surface area contributed by atoms with Gasteiger partial charge in [-0.2, -0.15) is 0 Å². The molecule has 0 N–H and O–H groups in total. The van der Waals surface area contributed by atoms with Crippen LogP contribution in [-0.4, -0.2) is 16.4 Å². The lowest BCUT2D eigenvalue weighted by Crippen LogP contribution is -2.35. The Balaban J connectivity index is 2.44. The zero-order valence-corrected chi connectivity index (χ0v) is 12.5. The number of imide groups is 1. The Hall–Kier alpha value is -1.65. The second-order valence-electron chi connectivity index (χ2n) is 6.39. The van der Waals surface area contributed by atoms with Crippen LogP contribution in [0.3, 0.4) is 0 Å². The summed E-state index contributed by atoms with van der Waals surface area (Å²) >= 11 is 0. The molecule has 1 atom stereocenters. The molecule has 0 spiro atoms. The predicted octanol–water partition coefficient (Wildman–Crippen LogP) is 1.08. The fourth-order valence-electron chi connectivity index (χ4n) is 2.51. The standard InChI is InChI=1S/C14H22N3O2/c1-9-15(5)8-11(16(9)6)17-12(18)7-10(13(17)19)14(2,3)4/h8,10H,7H2,1-6H3/q+1. The fraction of sp³-hybridized carbons (Fsp3) is 0.643. The van der Waals surface area contributed by atoms with E-state index in [1.54, 1.807) is 0 Å². The quantitative estimate of drug-likeness (QED) is 0.563. The second kappa shape index (κ2) is 4.18. The van der Waals surface area contributed by atoms with E-state index in [1.807, 2.05) is 57.1 Å². The normalized spacial score (nSPS) is 20.5. The first-order chi connectivity index (χ1) is 8.64. The highest BCUT2D eigenvalue weighted by molar-refractivity contribution is 6.20. The first-order valence-electron chi connectivity index (χ1n) is 6.53. The van der Waals surface area contributed by atoms with Crippen LogP contribution < -0.4 is 9.47 Å². The van der Waals surface area contributed by atoms with E-state index in [0.717, 1.165) is 5.82 Å². The molecule has 0 saturated carbocycles. The van der Waals surface area contributed by atoms with Crippen LogP contribution in [0.5, 0.6) is 0 Å². The molecule has 2 heterocycles. The van der Waals surface area contributed by atoms with Gasteiger partial charge in [0.25, 0.3) is 11.6 Å². The Morgan fingerprint density at radius 3 is 2.26 bits per heavy atom. The number of carbonyl (C=O) groups excluding carboxylic acids is 2. The average Bonchev–Trinajstić information content (AvgIpc) is 2.71. The SMILES string of the molecule is Cc1n(C)c(N2C(=O)CC(C(C)(C)C)C2=O)c[n+]1C. The van der Waals surface area contributed by atoms with Crippen molar-refractivity contribution in [2.75, 3.05) is 4.90 Å². The molecule has 1 aromatic rings. The summed E-state index contributed by atoms with van der Waals surface area (Å²) < 4.78 is 3.79. The molecule has 1 saturated heterocycles. The van der Waals surface area contributed by atoms with Crippen LogP contribution in [0, 0.1) is 18.3 Å². The zero-order chi connectivity index (χ0) is 14.5. The van der Waals surface area contributed by atoms with Crippen LogP contribution in [0.15, 0.2) is 6.20 Å². The van der Waals surface area contributed by atoms with Crippen molar-refractivity contribution >= 4 is 17.6 Å². The lowest BCUT2D eigenvalue weighted by molar-refractivity contribution is -0.677. The third-order valence-electron chi connectivity index (χ3n) is 4.07. The highest BCUT2D eigenvalue weighted by atomic mass is 16.2. The van der Waals surface area contributed by atoms with Crippen LogP contribution in [0.1, 0.15) is 33.0 Å². The number of hydrogen-bond donors (Lipinski definition) is 0. The fourth-order valence-corrected chi connectivity index (χ4v) is 2.51. The Morgan fingerprint density at radius 1 is 1.32 bits per heavy atom. The van der Waals surface area contributed by atoms with E-state index in [9.17, 15) is 9.59 Å². The van der Waals surface area contributed by atoms with E-state index in [4.69, 9.17) is 0 Å². The maximum atomic E-state index is 12.5. The molecule has 1 aliphatic heterocycles. The molecule has 104 valence electrons. The van der Waals surface area contributed by atoms with Gasteiger partial charge in [0.2, 0.25) is 11.8 Å². The summed E-state index contributed by atoms with van der Waals surface area (Å²) in [6.07, 6.45) is 2.13. The lowest BCUT2D eigenvalue weighted by Gasteiger charge is -2.24. The van der Waals surface area contributed by atoms with Gasteiger partial charge in [0, 0.05) is 13.3 Å². The minimum atomic E-state index is -0.236. The number of hydrogen-bond acceptors (Lipinski definition) is 2. The molecule has 19 heavy (non-hydrogen) atoms. The topological polar surface area (TPSA) is 46.2 Å². The Labute approximate surface area is 113 Å². The summed E-state index contributed by atoms with van der Waals surface area (Å²) in [6.45, 7) is 7.96. The average molecular weight is 264 g/mol. The third kappa shape index (κ3) is 2.07. The number of imidazole rings is 1. The number of aromatic nitrogens is 2. The van der Waals surface area contributed by atoms with Crippen LogP contribution >= 0.6 is 0 Å². The minimum Gasteiger partial charge on any atom is -0.274 e. The Kier molecular flexibility index (Phi) is 3.03. The summed E-state index contributed by atoms with van der Waals surface area (Å²) in [5.41, 5.74) is -0.191. The predicted molar refractivity (Wildman–Crippen MR) is 71.4 cm³/mol. The molecule has 0 aliphatic carbocycles. The van der Waals surface area contributed by atoms with Crippen molar-refractivity contribution in [1.29, 1.82) is 0 Å². The Bertz CT molecular complexity index is 552. The van der Waals surface area contributed by atoms with Crippen molar-refractivity contribution in [1.82, 2.24) is 4.57 Å². The first-order valence-corrected chi connectivity index (χ1v) is 6.53. The second-order valence-corrected chi connectivity index (χ2v) is 6.39. The molecular weight excluding hydrogens is 242 g/mol. The Morgan fingerprint density at radius 2 is 1.89 bits per heavy atom. The van der Waals surface area contributed by atoms with Gasteiger partial charge in [0.1, 0.15) is 0 Å². The molecule has 5 nitrogen and oxygen atoms in total. The highest BCUT2D eigenvalue weighted by Crippen LogP contribution is 2.37. The molecule has 1 unspecified atom stereocenters. The van der Waals surface area contributed by atoms with E-state index in [0.29, 0.717) is 12.2 Å². The van der Waals surface area contributed by atoms with Crippen molar-refractivity contribution < 1.29 is 14.2 Å². The monoisotopic (exact) mass is 264 g/mol. The van der Waals surface area contributed by atoms with Gasteiger partial charge in [-0.15, -0.1) is 0 Å². The summed E-state index contributed by atoms with van der Waals surface area (Å²) in [5.74, 6) is 1.22. The van der Waals surface area contributed by atoms with E-state index in [-0.39, 0.29) is 23.1 Å². The molecular formula is C14H22N3O2+. The van der Waals surface area contributed by atoms with Gasteiger partial charge >= 0.3 is 0 Å². The highest BCUT2D eigenvalue weighted by Gasteiger charge is 2.47.